The summed E-state index contributed by atoms with van der Waals surface area (Å²) in [7, 11) is 2.29. The first-order chi connectivity index (χ1) is 8.75. The molecule has 3 heteroatoms. The van der Waals surface area contributed by atoms with Gasteiger partial charge in [0.2, 0.25) is 0 Å². The number of ether oxygens (including phenoxy) is 1. The predicted octanol–water partition coefficient (Wildman–Crippen LogP) is 2.00. The van der Waals surface area contributed by atoms with Crippen LogP contribution in [-0.4, -0.2) is 43.3 Å². The van der Waals surface area contributed by atoms with Gasteiger partial charge in [-0.05, 0) is 51.0 Å². The quantitative estimate of drug-likeness (QED) is 0.832. The van der Waals surface area contributed by atoms with Gasteiger partial charge in [-0.3, -0.25) is 4.90 Å². The van der Waals surface area contributed by atoms with Gasteiger partial charge in [0.15, 0.2) is 0 Å². The highest BCUT2D eigenvalue weighted by Crippen LogP contribution is 2.48. The van der Waals surface area contributed by atoms with E-state index in [1.54, 1.807) is 0 Å². The number of hydrogen-bond acceptors (Lipinski definition) is 3. The maximum atomic E-state index is 6.21. The van der Waals surface area contributed by atoms with Crippen molar-refractivity contribution >= 4 is 0 Å². The summed E-state index contributed by atoms with van der Waals surface area (Å²) >= 11 is 0. The lowest BCUT2D eigenvalue weighted by Crippen LogP contribution is -2.58. The average molecular weight is 252 g/mol. The second-order valence-corrected chi connectivity index (χ2v) is 6.75. The van der Waals surface area contributed by atoms with Crippen LogP contribution in [0.4, 0.5) is 0 Å². The van der Waals surface area contributed by atoms with Crippen molar-refractivity contribution in [1.82, 2.24) is 4.90 Å². The molecule has 3 atom stereocenters. The van der Waals surface area contributed by atoms with Crippen LogP contribution in [0.25, 0.3) is 0 Å². The molecule has 1 aliphatic heterocycles. The molecule has 104 valence electrons. The Bertz CT molecular complexity index is 286. The summed E-state index contributed by atoms with van der Waals surface area (Å²) in [5.41, 5.74) is 6.47. The number of rotatable bonds is 4. The third kappa shape index (κ3) is 2.33. The van der Waals surface area contributed by atoms with Gasteiger partial charge in [0, 0.05) is 24.7 Å². The van der Waals surface area contributed by atoms with Crippen LogP contribution >= 0.6 is 0 Å². The minimum Gasteiger partial charge on any atom is -0.380 e. The summed E-state index contributed by atoms with van der Waals surface area (Å²) in [5, 5.41) is 0. The monoisotopic (exact) mass is 252 g/mol. The Labute approximate surface area is 111 Å². The van der Waals surface area contributed by atoms with E-state index in [1.165, 1.54) is 44.9 Å². The molecule has 3 fully saturated rings. The normalized spacial score (nSPS) is 41.5. The average Bonchev–Trinajstić information content (AvgIpc) is 3.13. The Kier molecular flexibility index (Phi) is 3.65. The second kappa shape index (κ2) is 5.10. The SMILES string of the molecule is CN(C1CCOC1)C1(CN)CCCC(C2CC2)C1. The Hall–Kier alpha value is -0.120. The molecule has 3 nitrogen and oxygen atoms in total. The van der Waals surface area contributed by atoms with Crippen molar-refractivity contribution in [3.05, 3.63) is 0 Å². The third-order valence-corrected chi connectivity index (χ3v) is 5.73. The van der Waals surface area contributed by atoms with Crippen LogP contribution in [0.1, 0.15) is 44.9 Å². The number of nitrogens with zero attached hydrogens (tertiary/aromatic N) is 1. The van der Waals surface area contributed by atoms with E-state index in [0.29, 0.717) is 6.04 Å². The first kappa shape index (κ1) is 12.9. The maximum absolute atomic E-state index is 6.21. The Balaban J connectivity index is 1.70. The molecule has 3 aliphatic rings. The highest BCUT2D eigenvalue weighted by molar-refractivity contribution is 5.00. The Morgan fingerprint density at radius 3 is 2.67 bits per heavy atom. The van der Waals surface area contributed by atoms with Crippen molar-refractivity contribution in [1.29, 1.82) is 0 Å². The van der Waals surface area contributed by atoms with Crippen LogP contribution in [0.2, 0.25) is 0 Å². The third-order valence-electron chi connectivity index (χ3n) is 5.73. The fourth-order valence-corrected chi connectivity index (χ4v) is 4.22. The fourth-order valence-electron chi connectivity index (χ4n) is 4.22. The minimum absolute atomic E-state index is 0.268. The molecule has 2 N–H and O–H groups in total. The van der Waals surface area contributed by atoms with Crippen molar-refractivity contribution in [3.63, 3.8) is 0 Å². The van der Waals surface area contributed by atoms with Gasteiger partial charge in [-0.2, -0.15) is 0 Å². The zero-order valence-corrected chi connectivity index (χ0v) is 11.7. The molecule has 18 heavy (non-hydrogen) atoms. The van der Waals surface area contributed by atoms with E-state index in [1.807, 2.05) is 0 Å². The smallest absolute Gasteiger partial charge is 0.0622 e. The lowest BCUT2D eigenvalue weighted by molar-refractivity contribution is 0.0157. The lowest BCUT2D eigenvalue weighted by Gasteiger charge is -2.49. The van der Waals surface area contributed by atoms with Gasteiger partial charge in [0.1, 0.15) is 0 Å². The molecule has 1 saturated heterocycles. The van der Waals surface area contributed by atoms with E-state index < -0.39 is 0 Å². The molecule has 2 aliphatic carbocycles. The first-order valence-corrected chi connectivity index (χ1v) is 7.76. The zero-order valence-electron chi connectivity index (χ0n) is 11.7. The van der Waals surface area contributed by atoms with Crippen LogP contribution < -0.4 is 5.73 Å². The van der Waals surface area contributed by atoms with Crippen molar-refractivity contribution in [2.45, 2.75) is 56.5 Å². The topological polar surface area (TPSA) is 38.5 Å². The molecule has 3 unspecified atom stereocenters. The summed E-state index contributed by atoms with van der Waals surface area (Å²) < 4.78 is 5.56. The number of likely N-dealkylation sites (N-methyl/N-ethyl adjacent to an activating group) is 1. The maximum Gasteiger partial charge on any atom is 0.0622 e. The van der Waals surface area contributed by atoms with Gasteiger partial charge in [-0.15, -0.1) is 0 Å². The van der Waals surface area contributed by atoms with Crippen LogP contribution in [0, 0.1) is 11.8 Å². The summed E-state index contributed by atoms with van der Waals surface area (Å²) in [4.78, 5) is 2.59. The first-order valence-electron chi connectivity index (χ1n) is 7.76. The van der Waals surface area contributed by atoms with Crippen LogP contribution in [0.15, 0.2) is 0 Å². The molecule has 0 aromatic heterocycles. The van der Waals surface area contributed by atoms with E-state index >= 15 is 0 Å². The summed E-state index contributed by atoms with van der Waals surface area (Å²) in [6.07, 6.45) is 9.58. The van der Waals surface area contributed by atoms with Crippen molar-refractivity contribution in [2.75, 3.05) is 26.8 Å². The molecule has 0 radical (unpaired) electrons. The standard InChI is InChI=1S/C15H28N2O/c1-17(14-6-8-18-10-14)15(11-16)7-2-3-13(9-15)12-4-5-12/h12-14H,2-11,16H2,1H3. The molecule has 3 rings (SSSR count). The molecule has 0 aromatic rings. The van der Waals surface area contributed by atoms with Crippen molar-refractivity contribution in [3.8, 4) is 0 Å². The zero-order chi connectivity index (χ0) is 12.6. The predicted molar refractivity (Wildman–Crippen MR) is 73.5 cm³/mol. The van der Waals surface area contributed by atoms with Crippen molar-refractivity contribution < 1.29 is 4.74 Å². The van der Waals surface area contributed by atoms with E-state index in [4.69, 9.17) is 10.5 Å². The molecule has 1 heterocycles. The van der Waals surface area contributed by atoms with E-state index in [-0.39, 0.29) is 5.54 Å². The van der Waals surface area contributed by atoms with Gasteiger partial charge >= 0.3 is 0 Å². The Morgan fingerprint density at radius 1 is 1.22 bits per heavy atom. The second-order valence-electron chi connectivity index (χ2n) is 6.75. The molecule has 0 aromatic carbocycles. The largest absolute Gasteiger partial charge is 0.380 e. The van der Waals surface area contributed by atoms with Crippen LogP contribution in [0.3, 0.4) is 0 Å². The van der Waals surface area contributed by atoms with E-state index in [2.05, 4.69) is 11.9 Å². The molecular weight excluding hydrogens is 224 g/mol. The molecular formula is C15H28N2O. The van der Waals surface area contributed by atoms with Gasteiger partial charge in [-0.25, -0.2) is 0 Å². The van der Waals surface area contributed by atoms with Gasteiger partial charge in [0.25, 0.3) is 0 Å². The molecule has 0 bridgehead atoms. The number of hydrogen-bond donors (Lipinski definition) is 1. The van der Waals surface area contributed by atoms with Crippen LogP contribution in [-0.2, 0) is 4.74 Å². The highest BCUT2D eigenvalue weighted by Gasteiger charge is 2.45. The minimum atomic E-state index is 0.268. The van der Waals surface area contributed by atoms with E-state index in [0.717, 1.165) is 31.6 Å². The van der Waals surface area contributed by atoms with Gasteiger partial charge in [0.05, 0.1) is 6.61 Å². The molecule has 0 spiro atoms. The van der Waals surface area contributed by atoms with Gasteiger partial charge in [-0.1, -0.05) is 12.8 Å². The molecule has 2 saturated carbocycles. The summed E-state index contributed by atoms with van der Waals surface area (Å²) in [6, 6.07) is 0.603. The fraction of sp³-hybridized carbons (Fsp3) is 1.00. The number of nitrogens with two attached hydrogens (primary N) is 1. The summed E-state index contributed by atoms with van der Waals surface area (Å²) in [6.45, 7) is 2.66. The van der Waals surface area contributed by atoms with E-state index in [9.17, 15) is 0 Å². The molecule has 0 amide bonds. The lowest BCUT2D eigenvalue weighted by atomic mass is 9.72. The van der Waals surface area contributed by atoms with Gasteiger partial charge < -0.3 is 10.5 Å². The Morgan fingerprint density at radius 2 is 2.06 bits per heavy atom. The van der Waals surface area contributed by atoms with Crippen LogP contribution in [0.5, 0.6) is 0 Å². The summed E-state index contributed by atoms with van der Waals surface area (Å²) in [5.74, 6) is 1.98. The highest BCUT2D eigenvalue weighted by atomic mass is 16.5. The van der Waals surface area contributed by atoms with Crippen molar-refractivity contribution in [2.24, 2.45) is 17.6 Å².